The number of rotatable bonds is 4. The quantitative estimate of drug-likeness (QED) is 0.446. The highest BCUT2D eigenvalue weighted by Gasteiger charge is 2.33. The van der Waals surface area contributed by atoms with Crippen molar-refractivity contribution in [2.75, 3.05) is 11.0 Å². The first-order valence-electron chi connectivity index (χ1n) is 4.52. The van der Waals surface area contributed by atoms with Gasteiger partial charge in [-0.25, -0.2) is 0 Å². The summed E-state index contributed by atoms with van der Waals surface area (Å²) in [6, 6.07) is 0. The zero-order valence-electron chi connectivity index (χ0n) is 7.99. The Hall–Kier alpha value is -0.330. The molecule has 0 aromatic heterocycles. The first kappa shape index (κ1) is 11.7. The summed E-state index contributed by atoms with van der Waals surface area (Å²) in [5, 5.41) is 0. The van der Waals surface area contributed by atoms with Gasteiger partial charge in [-0.1, -0.05) is 22.6 Å². The Bertz CT molecular complexity index is 229. The highest BCUT2D eigenvalue weighted by molar-refractivity contribution is 14.1. The smallest absolute Gasteiger partial charge is 0.306 e. The number of esters is 2. The maximum Gasteiger partial charge on any atom is 0.306 e. The molecule has 1 heterocycles. The summed E-state index contributed by atoms with van der Waals surface area (Å²) < 4.78 is 10.7. The molecule has 1 saturated heterocycles. The Kier molecular flexibility index (Phi) is 4.64. The predicted molar refractivity (Wildman–Crippen MR) is 58.1 cm³/mol. The lowest BCUT2D eigenvalue weighted by Gasteiger charge is -2.14. The molecule has 0 spiro atoms. The van der Waals surface area contributed by atoms with E-state index in [0.29, 0.717) is 19.4 Å². The number of ether oxygens (including phenoxy) is 2. The van der Waals surface area contributed by atoms with Gasteiger partial charge in [-0.15, -0.1) is 0 Å². The lowest BCUT2D eigenvalue weighted by atomic mass is 9.99. The third-order valence-electron chi connectivity index (χ3n) is 2.18. The van der Waals surface area contributed by atoms with Crippen LogP contribution in [0.25, 0.3) is 0 Å². The van der Waals surface area contributed by atoms with Gasteiger partial charge >= 0.3 is 11.9 Å². The van der Waals surface area contributed by atoms with Crippen molar-refractivity contribution in [2.45, 2.75) is 25.9 Å². The van der Waals surface area contributed by atoms with Crippen molar-refractivity contribution in [3.63, 3.8) is 0 Å². The van der Waals surface area contributed by atoms with E-state index in [1.807, 2.05) is 0 Å². The molecule has 1 rings (SSSR count). The molecule has 0 bridgehead atoms. The highest BCUT2D eigenvalue weighted by Crippen LogP contribution is 2.26. The van der Waals surface area contributed by atoms with Crippen molar-refractivity contribution in [3.05, 3.63) is 0 Å². The molecule has 0 amide bonds. The largest absolute Gasteiger partial charge is 0.466 e. The molecule has 0 N–H and O–H groups in total. The summed E-state index contributed by atoms with van der Waals surface area (Å²) >= 11 is 2.19. The van der Waals surface area contributed by atoms with E-state index in [9.17, 15) is 9.59 Å². The van der Waals surface area contributed by atoms with Crippen LogP contribution in [0.4, 0.5) is 0 Å². The summed E-state index contributed by atoms with van der Waals surface area (Å²) in [5.41, 5.74) is 0. The minimum atomic E-state index is -0.277. The second-order valence-electron chi connectivity index (χ2n) is 3.28. The molecule has 0 aliphatic carbocycles. The van der Waals surface area contributed by atoms with Gasteiger partial charge in [-0.2, -0.15) is 0 Å². The van der Waals surface area contributed by atoms with Crippen LogP contribution in [0.15, 0.2) is 0 Å². The molecule has 1 aliphatic rings. The first-order valence-corrected chi connectivity index (χ1v) is 6.05. The first-order chi connectivity index (χ1) is 6.63. The monoisotopic (exact) mass is 312 g/mol. The van der Waals surface area contributed by atoms with Crippen LogP contribution in [0.2, 0.25) is 0 Å². The molecule has 0 radical (unpaired) electrons. The van der Waals surface area contributed by atoms with Gasteiger partial charge < -0.3 is 9.47 Å². The highest BCUT2D eigenvalue weighted by atomic mass is 127. The normalized spacial score (nSPS) is 26.0. The molecule has 5 heteroatoms. The van der Waals surface area contributed by atoms with E-state index in [0.717, 1.165) is 4.43 Å². The Morgan fingerprint density at radius 3 is 3.00 bits per heavy atom. The van der Waals surface area contributed by atoms with E-state index in [2.05, 4.69) is 22.6 Å². The molecule has 1 aliphatic heterocycles. The summed E-state index contributed by atoms with van der Waals surface area (Å²) in [7, 11) is 0. The van der Waals surface area contributed by atoms with E-state index in [4.69, 9.17) is 9.47 Å². The van der Waals surface area contributed by atoms with Crippen LogP contribution in [-0.2, 0) is 19.1 Å². The average molecular weight is 312 g/mol. The molecule has 0 aromatic carbocycles. The lowest BCUT2D eigenvalue weighted by Crippen LogP contribution is -2.19. The van der Waals surface area contributed by atoms with E-state index < -0.39 is 0 Å². The number of hydrogen-bond donors (Lipinski definition) is 0. The fourth-order valence-electron chi connectivity index (χ4n) is 1.46. The van der Waals surface area contributed by atoms with Crippen LogP contribution < -0.4 is 0 Å². The van der Waals surface area contributed by atoms with Gasteiger partial charge in [-0.3, -0.25) is 9.59 Å². The summed E-state index contributed by atoms with van der Waals surface area (Å²) in [6.07, 6.45) is 1.16. The van der Waals surface area contributed by atoms with Gasteiger partial charge in [0.05, 0.1) is 13.0 Å². The topological polar surface area (TPSA) is 52.6 Å². The maximum atomic E-state index is 11.0. The minimum absolute atomic E-state index is 0.00124. The number of hydrogen-bond acceptors (Lipinski definition) is 4. The van der Waals surface area contributed by atoms with Crippen LogP contribution in [-0.4, -0.2) is 29.1 Å². The van der Waals surface area contributed by atoms with Gasteiger partial charge in [-0.05, 0) is 6.42 Å². The summed E-state index contributed by atoms with van der Waals surface area (Å²) in [5.74, 6) is -0.209. The number of carbonyl (C=O) groups excluding carboxylic acids is 2. The van der Waals surface area contributed by atoms with Gasteiger partial charge in [0.1, 0.15) is 6.10 Å². The molecular formula is C9H13IO4. The lowest BCUT2D eigenvalue weighted by molar-refractivity contribution is -0.142. The molecule has 0 saturated carbocycles. The van der Waals surface area contributed by atoms with Crippen LogP contribution >= 0.6 is 22.6 Å². The predicted octanol–water partition coefficient (Wildman–Crippen LogP) is 1.31. The van der Waals surface area contributed by atoms with Crippen LogP contribution in [0.3, 0.4) is 0 Å². The summed E-state index contributed by atoms with van der Waals surface area (Å²) in [6.45, 7) is 1.76. The Morgan fingerprint density at radius 1 is 1.71 bits per heavy atom. The van der Waals surface area contributed by atoms with Gasteiger partial charge in [0.2, 0.25) is 0 Å². The van der Waals surface area contributed by atoms with E-state index >= 15 is 0 Å². The van der Waals surface area contributed by atoms with Gasteiger partial charge in [0, 0.05) is 17.3 Å². The minimum Gasteiger partial charge on any atom is -0.466 e. The molecule has 14 heavy (non-hydrogen) atoms. The maximum absolute atomic E-state index is 11.0. The zero-order chi connectivity index (χ0) is 10.6. The number of alkyl halides is 1. The third kappa shape index (κ3) is 3.43. The number of cyclic esters (lactones) is 1. The number of carbonyl (C=O) groups is 2. The Labute approximate surface area is 96.5 Å². The van der Waals surface area contributed by atoms with Crippen molar-refractivity contribution in [3.8, 4) is 0 Å². The fourth-order valence-corrected chi connectivity index (χ4v) is 2.36. The van der Waals surface area contributed by atoms with Crippen LogP contribution in [0.5, 0.6) is 0 Å². The van der Waals surface area contributed by atoms with Crippen molar-refractivity contribution in [1.82, 2.24) is 0 Å². The molecule has 0 aromatic rings. The second-order valence-corrected chi connectivity index (χ2v) is 4.16. The average Bonchev–Trinajstić information content (AvgIpc) is 2.45. The Balaban J connectivity index is 2.29. The van der Waals surface area contributed by atoms with Crippen molar-refractivity contribution >= 4 is 34.5 Å². The van der Waals surface area contributed by atoms with Crippen LogP contribution in [0, 0.1) is 5.92 Å². The van der Waals surface area contributed by atoms with E-state index in [-0.39, 0.29) is 24.0 Å². The van der Waals surface area contributed by atoms with E-state index in [1.165, 1.54) is 6.92 Å². The van der Waals surface area contributed by atoms with Crippen LogP contribution in [0.1, 0.15) is 19.8 Å². The zero-order valence-corrected chi connectivity index (χ0v) is 10.2. The molecule has 0 unspecified atom stereocenters. The standard InChI is InChI=1S/C9H13IO4/c1-6(11)13-3-2-7-4-9(12)14-8(7)5-10/h7-8H,2-5H2,1H3/t7-,8+/m1/s1. The Morgan fingerprint density at radius 2 is 2.43 bits per heavy atom. The second kappa shape index (κ2) is 5.53. The summed E-state index contributed by atoms with van der Waals surface area (Å²) in [4.78, 5) is 21.5. The van der Waals surface area contributed by atoms with E-state index in [1.54, 1.807) is 0 Å². The van der Waals surface area contributed by atoms with Gasteiger partial charge in [0.25, 0.3) is 0 Å². The molecule has 4 nitrogen and oxygen atoms in total. The number of halogens is 1. The van der Waals surface area contributed by atoms with Crippen molar-refractivity contribution < 1.29 is 19.1 Å². The van der Waals surface area contributed by atoms with Crippen molar-refractivity contribution in [1.29, 1.82) is 0 Å². The molecule has 1 fully saturated rings. The third-order valence-corrected chi connectivity index (χ3v) is 3.05. The van der Waals surface area contributed by atoms with Crippen molar-refractivity contribution in [2.24, 2.45) is 5.92 Å². The van der Waals surface area contributed by atoms with Gasteiger partial charge in [0.15, 0.2) is 0 Å². The molecule has 2 atom stereocenters. The fraction of sp³-hybridized carbons (Fsp3) is 0.778. The molecular weight excluding hydrogens is 299 g/mol. The molecule has 80 valence electrons. The SMILES string of the molecule is CC(=O)OCC[C@@H]1CC(=O)O[C@H]1CI.